The molecule has 3 N–H and O–H groups in total. The summed E-state index contributed by atoms with van der Waals surface area (Å²) in [5.41, 5.74) is 1.26. The van der Waals surface area contributed by atoms with Crippen molar-refractivity contribution in [3.8, 4) is 0 Å². The zero-order chi connectivity index (χ0) is 15.2. The molecule has 1 fully saturated rings. The lowest BCUT2D eigenvalue weighted by molar-refractivity contribution is 0.0963. The van der Waals surface area contributed by atoms with Crippen LogP contribution in [0.3, 0.4) is 0 Å². The Morgan fingerprint density at radius 1 is 1.10 bits per heavy atom. The van der Waals surface area contributed by atoms with E-state index in [1.54, 1.807) is 31.3 Å². The summed E-state index contributed by atoms with van der Waals surface area (Å²) in [6.45, 7) is 2.18. The molecule has 114 valence electrons. The zero-order valence-electron chi connectivity index (χ0n) is 12.6. The molecule has 0 spiro atoms. The highest BCUT2D eigenvalue weighted by Gasteiger charge is 2.22. The molecule has 3 amide bonds. The molecule has 0 saturated heterocycles. The van der Waals surface area contributed by atoms with Crippen molar-refractivity contribution in [2.45, 2.75) is 38.6 Å². The Morgan fingerprint density at radius 2 is 1.76 bits per heavy atom. The number of hydrogen-bond acceptors (Lipinski definition) is 2. The van der Waals surface area contributed by atoms with Gasteiger partial charge in [0.25, 0.3) is 5.91 Å². The number of carbonyl (C=O) groups excluding carboxylic acids is 2. The van der Waals surface area contributed by atoms with Gasteiger partial charge < -0.3 is 16.0 Å². The summed E-state index contributed by atoms with van der Waals surface area (Å²) in [6, 6.07) is 6.92. The van der Waals surface area contributed by atoms with Crippen LogP contribution in [0.4, 0.5) is 10.5 Å². The number of nitrogens with one attached hydrogen (secondary N) is 3. The minimum absolute atomic E-state index is 0.137. The maximum atomic E-state index is 12.0. The molecular weight excluding hydrogens is 266 g/mol. The van der Waals surface area contributed by atoms with E-state index in [2.05, 4.69) is 22.9 Å². The highest BCUT2D eigenvalue weighted by molar-refractivity contribution is 5.95. The topological polar surface area (TPSA) is 70.2 Å². The predicted molar refractivity (Wildman–Crippen MR) is 83.4 cm³/mol. The van der Waals surface area contributed by atoms with Crippen molar-refractivity contribution in [2.75, 3.05) is 12.4 Å². The third-order valence-electron chi connectivity index (χ3n) is 4.06. The van der Waals surface area contributed by atoms with Crippen LogP contribution in [-0.2, 0) is 0 Å². The number of amides is 3. The molecule has 2 rings (SSSR count). The molecule has 2 unspecified atom stereocenters. The predicted octanol–water partition coefficient (Wildman–Crippen LogP) is 2.75. The molecule has 1 aromatic carbocycles. The minimum atomic E-state index is -0.179. The fraction of sp³-hybridized carbons (Fsp3) is 0.500. The van der Waals surface area contributed by atoms with Crippen molar-refractivity contribution in [3.63, 3.8) is 0 Å². The van der Waals surface area contributed by atoms with Gasteiger partial charge in [-0.25, -0.2) is 4.79 Å². The average molecular weight is 289 g/mol. The van der Waals surface area contributed by atoms with Crippen molar-refractivity contribution < 1.29 is 9.59 Å². The fourth-order valence-electron chi connectivity index (χ4n) is 2.72. The maximum absolute atomic E-state index is 12.0. The van der Waals surface area contributed by atoms with Gasteiger partial charge in [-0.2, -0.15) is 0 Å². The molecule has 5 heteroatoms. The Morgan fingerprint density at radius 3 is 2.38 bits per heavy atom. The van der Waals surface area contributed by atoms with E-state index in [0.717, 1.165) is 6.42 Å². The lowest BCUT2D eigenvalue weighted by Crippen LogP contribution is -2.43. The molecular formula is C16H23N3O2. The van der Waals surface area contributed by atoms with Crippen LogP contribution in [0.5, 0.6) is 0 Å². The van der Waals surface area contributed by atoms with Gasteiger partial charge in [-0.15, -0.1) is 0 Å². The molecule has 0 heterocycles. The summed E-state index contributed by atoms with van der Waals surface area (Å²) in [6.07, 6.45) is 4.65. The van der Waals surface area contributed by atoms with Crippen molar-refractivity contribution >= 4 is 17.6 Å². The first-order chi connectivity index (χ1) is 10.1. The van der Waals surface area contributed by atoms with Gasteiger partial charge in [-0.05, 0) is 43.0 Å². The van der Waals surface area contributed by atoms with E-state index in [9.17, 15) is 9.59 Å². The van der Waals surface area contributed by atoms with Crippen LogP contribution in [-0.4, -0.2) is 25.0 Å². The van der Waals surface area contributed by atoms with Crippen LogP contribution in [0, 0.1) is 5.92 Å². The van der Waals surface area contributed by atoms with Gasteiger partial charge in [0.2, 0.25) is 0 Å². The number of anilines is 1. The molecule has 1 aromatic rings. The standard InChI is InChI=1S/C16H23N3O2/c1-11-5-3-4-6-14(11)19-16(21)18-13-9-7-12(8-10-13)15(20)17-2/h7-11,14H,3-6H2,1-2H3,(H,17,20)(H2,18,19,21). The summed E-state index contributed by atoms with van der Waals surface area (Å²) in [7, 11) is 1.59. The molecule has 1 aliphatic rings. The van der Waals surface area contributed by atoms with E-state index in [1.807, 2.05) is 0 Å². The van der Waals surface area contributed by atoms with Crippen LogP contribution < -0.4 is 16.0 Å². The van der Waals surface area contributed by atoms with Crippen molar-refractivity contribution in [2.24, 2.45) is 5.92 Å². The van der Waals surface area contributed by atoms with E-state index in [0.29, 0.717) is 17.2 Å². The summed E-state index contributed by atoms with van der Waals surface area (Å²) in [4.78, 5) is 23.4. The van der Waals surface area contributed by atoms with E-state index in [4.69, 9.17) is 0 Å². The van der Waals surface area contributed by atoms with Gasteiger partial charge in [0.1, 0.15) is 0 Å². The highest BCUT2D eigenvalue weighted by atomic mass is 16.2. The Bertz CT molecular complexity index is 499. The number of hydrogen-bond donors (Lipinski definition) is 3. The molecule has 0 aromatic heterocycles. The third kappa shape index (κ3) is 4.21. The third-order valence-corrected chi connectivity index (χ3v) is 4.06. The highest BCUT2D eigenvalue weighted by Crippen LogP contribution is 2.23. The quantitative estimate of drug-likeness (QED) is 0.800. The Hall–Kier alpha value is -2.04. The average Bonchev–Trinajstić information content (AvgIpc) is 2.49. The second-order valence-electron chi connectivity index (χ2n) is 5.62. The fourth-order valence-corrected chi connectivity index (χ4v) is 2.72. The maximum Gasteiger partial charge on any atom is 0.319 e. The number of benzene rings is 1. The molecule has 1 saturated carbocycles. The van der Waals surface area contributed by atoms with Crippen molar-refractivity contribution in [3.05, 3.63) is 29.8 Å². The lowest BCUT2D eigenvalue weighted by atomic mass is 9.86. The molecule has 5 nitrogen and oxygen atoms in total. The first kappa shape index (κ1) is 15.4. The lowest BCUT2D eigenvalue weighted by Gasteiger charge is -2.29. The number of urea groups is 1. The smallest absolute Gasteiger partial charge is 0.319 e. The summed E-state index contributed by atoms with van der Waals surface area (Å²) in [5.74, 6) is 0.391. The first-order valence-corrected chi connectivity index (χ1v) is 7.50. The Balaban J connectivity index is 1.88. The van der Waals surface area contributed by atoms with Gasteiger partial charge in [0.05, 0.1) is 0 Å². The van der Waals surface area contributed by atoms with E-state index < -0.39 is 0 Å². The van der Waals surface area contributed by atoms with Crippen molar-refractivity contribution in [1.29, 1.82) is 0 Å². The van der Waals surface area contributed by atoms with Crippen LogP contribution in [0.25, 0.3) is 0 Å². The minimum Gasteiger partial charge on any atom is -0.355 e. The van der Waals surface area contributed by atoms with E-state index >= 15 is 0 Å². The zero-order valence-corrected chi connectivity index (χ0v) is 12.6. The molecule has 0 bridgehead atoms. The molecule has 1 aliphatic carbocycles. The van der Waals surface area contributed by atoms with Crippen LogP contribution in [0.15, 0.2) is 24.3 Å². The second-order valence-corrected chi connectivity index (χ2v) is 5.62. The van der Waals surface area contributed by atoms with Crippen LogP contribution in [0.1, 0.15) is 43.0 Å². The first-order valence-electron chi connectivity index (χ1n) is 7.50. The van der Waals surface area contributed by atoms with Gasteiger partial charge in [-0.1, -0.05) is 19.8 Å². The molecule has 0 aliphatic heterocycles. The molecule has 2 atom stereocenters. The van der Waals surface area contributed by atoms with Crippen LogP contribution >= 0.6 is 0 Å². The van der Waals surface area contributed by atoms with E-state index in [-0.39, 0.29) is 18.0 Å². The molecule has 21 heavy (non-hydrogen) atoms. The monoisotopic (exact) mass is 289 g/mol. The van der Waals surface area contributed by atoms with Gasteiger partial charge in [-0.3, -0.25) is 4.79 Å². The van der Waals surface area contributed by atoms with Gasteiger partial charge in [0.15, 0.2) is 0 Å². The van der Waals surface area contributed by atoms with Crippen molar-refractivity contribution in [1.82, 2.24) is 10.6 Å². The largest absolute Gasteiger partial charge is 0.355 e. The normalized spacial score (nSPS) is 21.4. The Labute approximate surface area is 125 Å². The van der Waals surface area contributed by atoms with Gasteiger partial charge in [0, 0.05) is 24.3 Å². The Kier molecular flexibility index (Phi) is 5.20. The summed E-state index contributed by atoms with van der Waals surface area (Å²) in [5, 5.41) is 8.41. The van der Waals surface area contributed by atoms with Gasteiger partial charge >= 0.3 is 6.03 Å². The number of rotatable bonds is 3. The summed E-state index contributed by atoms with van der Waals surface area (Å²) < 4.78 is 0. The summed E-state index contributed by atoms with van der Waals surface area (Å²) >= 11 is 0. The SMILES string of the molecule is CNC(=O)c1ccc(NC(=O)NC2CCCCC2C)cc1. The molecule has 0 radical (unpaired) electrons. The number of carbonyl (C=O) groups is 2. The van der Waals surface area contributed by atoms with E-state index in [1.165, 1.54) is 19.3 Å². The second kappa shape index (κ2) is 7.11. The van der Waals surface area contributed by atoms with Crippen LogP contribution in [0.2, 0.25) is 0 Å².